The molecule has 1 aliphatic rings. The molecule has 0 radical (unpaired) electrons. The summed E-state index contributed by atoms with van der Waals surface area (Å²) in [6, 6.07) is 10.6. The summed E-state index contributed by atoms with van der Waals surface area (Å²) in [5, 5.41) is 3.23. The molecule has 2 aromatic rings. The summed E-state index contributed by atoms with van der Waals surface area (Å²) in [6.45, 7) is 4.50. The highest BCUT2D eigenvalue weighted by molar-refractivity contribution is 6.33. The average Bonchev–Trinajstić information content (AvgIpc) is 2.64. The van der Waals surface area contributed by atoms with Crippen molar-refractivity contribution in [3.63, 3.8) is 0 Å². The molecule has 0 unspecified atom stereocenters. The summed E-state index contributed by atoms with van der Waals surface area (Å²) in [4.78, 5) is 31.9. The Morgan fingerprint density at radius 1 is 1.08 bits per heavy atom. The number of anilines is 2. The third kappa shape index (κ3) is 4.09. The Kier molecular flexibility index (Phi) is 5.19. The standard InChI is InChI=1S/C18H19ClN4O2/c1-13(24)22-8-10-23(11-9-22)14-6-7-17(20-12-14)18(25)21-16-5-3-2-4-15(16)19/h2-7,12H,8-11H2,1H3,(H,21,25). The van der Waals surface area contributed by atoms with Gasteiger partial charge in [-0.25, -0.2) is 4.98 Å². The van der Waals surface area contributed by atoms with Gasteiger partial charge >= 0.3 is 0 Å². The lowest BCUT2D eigenvalue weighted by molar-refractivity contribution is -0.129. The number of para-hydroxylation sites is 1. The molecule has 6 nitrogen and oxygen atoms in total. The Labute approximate surface area is 151 Å². The zero-order chi connectivity index (χ0) is 17.8. The molecule has 1 fully saturated rings. The van der Waals surface area contributed by atoms with Gasteiger partial charge in [0.2, 0.25) is 5.91 Å². The van der Waals surface area contributed by atoms with Crippen LogP contribution in [0, 0.1) is 0 Å². The normalized spacial score (nSPS) is 14.3. The molecule has 1 aromatic heterocycles. The molecule has 130 valence electrons. The molecule has 0 saturated carbocycles. The van der Waals surface area contributed by atoms with Crippen LogP contribution in [0.4, 0.5) is 11.4 Å². The van der Waals surface area contributed by atoms with Gasteiger partial charge < -0.3 is 15.1 Å². The Bertz CT molecular complexity index is 771. The van der Waals surface area contributed by atoms with Gasteiger partial charge in [0.15, 0.2) is 0 Å². The first-order valence-electron chi connectivity index (χ1n) is 8.07. The molecule has 25 heavy (non-hydrogen) atoms. The lowest BCUT2D eigenvalue weighted by atomic mass is 10.2. The zero-order valence-corrected chi connectivity index (χ0v) is 14.7. The molecule has 0 aliphatic carbocycles. The summed E-state index contributed by atoms with van der Waals surface area (Å²) in [5.74, 6) is -0.203. The third-order valence-electron chi connectivity index (χ3n) is 4.19. The molecule has 2 amide bonds. The predicted octanol–water partition coefficient (Wildman–Crippen LogP) is 2.66. The number of hydrogen-bond donors (Lipinski definition) is 1. The summed E-state index contributed by atoms with van der Waals surface area (Å²) < 4.78 is 0. The SMILES string of the molecule is CC(=O)N1CCN(c2ccc(C(=O)Nc3ccccc3Cl)nc2)CC1. The number of piperazine rings is 1. The van der Waals surface area contributed by atoms with E-state index in [1.54, 1.807) is 43.5 Å². The van der Waals surface area contributed by atoms with Crippen molar-refractivity contribution in [2.24, 2.45) is 0 Å². The van der Waals surface area contributed by atoms with Crippen LogP contribution in [0.15, 0.2) is 42.6 Å². The second-order valence-electron chi connectivity index (χ2n) is 5.83. The number of halogens is 1. The van der Waals surface area contributed by atoms with E-state index in [2.05, 4.69) is 15.2 Å². The number of nitrogens with zero attached hydrogens (tertiary/aromatic N) is 3. The molecule has 1 saturated heterocycles. The monoisotopic (exact) mass is 358 g/mol. The highest BCUT2D eigenvalue weighted by atomic mass is 35.5. The first-order chi connectivity index (χ1) is 12.0. The van der Waals surface area contributed by atoms with Crippen molar-refractivity contribution in [2.75, 3.05) is 36.4 Å². The number of rotatable bonds is 3. The van der Waals surface area contributed by atoms with E-state index in [-0.39, 0.29) is 11.8 Å². The molecular formula is C18H19ClN4O2. The van der Waals surface area contributed by atoms with Crippen molar-refractivity contribution in [1.82, 2.24) is 9.88 Å². The predicted molar refractivity (Wildman–Crippen MR) is 98.1 cm³/mol. The second-order valence-corrected chi connectivity index (χ2v) is 6.24. The second kappa shape index (κ2) is 7.53. The number of hydrogen-bond acceptors (Lipinski definition) is 4. The lowest BCUT2D eigenvalue weighted by Gasteiger charge is -2.35. The fraction of sp³-hybridized carbons (Fsp3) is 0.278. The number of benzene rings is 1. The number of carbonyl (C=O) groups is 2. The zero-order valence-electron chi connectivity index (χ0n) is 13.9. The topological polar surface area (TPSA) is 65.5 Å². The molecule has 0 atom stereocenters. The Morgan fingerprint density at radius 3 is 2.40 bits per heavy atom. The van der Waals surface area contributed by atoms with Crippen LogP contribution in [0.25, 0.3) is 0 Å². The van der Waals surface area contributed by atoms with E-state index in [1.165, 1.54) is 0 Å². The highest BCUT2D eigenvalue weighted by Gasteiger charge is 2.19. The van der Waals surface area contributed by atoms with E-state index in [0.717, 1.165) is 18.8 Å². The fourth-order valence-corrected chi connectivity index (χ4v) is 2.92. The largest absolute Gasteiger partial charge is 0.367 e. The molecule has 7 heteroatoms. The molecule has 1 aromatic carbocycles. The fourth-order valence-electron chi connectivity index (χ4n) is 2.74. The minimum absolute atomic E-state index is 0.101. The van der Waals surface area contributed by atoms with E-state index in [0.29, 0.717) is 29.5 Å². The van der Waals surface area contributed by atoms with Gasteiger partial charge in [-0.1, -0.05) is 23.7 Å². The Balaban J connectivity index is 1.63. The maximum absolute atomic E-state index is 12.3. The third-order valence-corrected chi connectivity index (χ3v) is 4.52. The molecule has 2 heterocycles. The molecule has 0 spiro atoms. The van der Waals surface area contributed by atoms with E-state index < -0.39 is 0 Å². The van der Waals surface area contributed by atoms with Crippen LogP contribution in [-0.2, 0) is 4.79 Å². The van der Waals surface area contributed by atoms with Crippen LogP contribution in [0.1, 0.15) is 17.4 Å². The van der Waals surface area contributed by atoms with Gasteiger partial charge in [-0.2, -0.15) is 0 Å². The van der Waals surface area contributed by atoms with Crippen molar-refractivity contribution in [3.05, 3.63) is 53.3 Å². The summed E-state index contributed by atoms with van der Waals surface area (Å²) in [7, 11) is 0. The number of amides is 2. The maximum Gasteiger partial charge on any atom is 0.274 e. The van der Waals surface area contributed by atoms with Gasteiger partial charge in [0.05, 0.1) is 22.6 Å². The molecule has 1 aliphatic heterocycles. The van der Waals surface area contributed by atoms with Crippen molar-refractivity contribution in [3.8, 4) is 0 Å². The van der Waals surface area contributed by atoms with E-state index in [9.17, 15) is 9.59 Å². The summed E-state index contributed by atoms with van der Waals surface area (Å²) >= 11 is 6.05. The van der Waals surface area contributed by atoms with Crippen LogP contribution >= 0.6 is 11.6 Å². The number of aromatic nitrogens is 1. The van der Waals surface area contributed by atoms with Gasteiger partial charge in [-0.15, -0.1) is 0 Å². The summed E-state index contributed by atoms with van der Waals surface area (Å²) in [5.41, 5.74) is 1.82. The Morgan fingerprint density at radius 2 is 1.80 bits per heavy atom. The summed E-state index contributed by atoms with van der Waals surface area (Å²) in [6.07, 6.45) is 1.69. The first-order valence-corrected chi connectivity index (χ1v) is 8.45. The van der Waals surface area contributed by atoms with Crippen molar-refractivity contribution in [2.45, 2.75) is 6.92 Å². The van der Waals surface area contributed by atoms with E-state index in [1.807, 2.05) is 11.0 Å². The Hall–Kier alpha value is -2.60. The van der Waals surface area contributed by atoms with Crippen LogP contribution in [0.3, 0.4) is 0 Å². The van der Waals surface area contributed by atoms with Gasteiger partial charge in [-0.3, -0.25) is 9.59 Å². The molecule has 3 rings (SSSR count). The smallest absolute Gasteiger partial charge is 0.274 e. The minimum Gasteiger partial charge on any atom is -0.367 e. The van der Waals surface area contributed by atoms with Crippen LogP contribution in [0.2, 0.25) is 5.02 Å². The number of pyridine rings is 1. The number of carbonyl (C=O) groups excluding carboxylic acids is 2. The maximum atomic E-state index is 12.3. The van der Waals surface area contributed by atoms with E-state index >= 15 is 0 Å². The van der Waals surface area contributed by atoms with Crippen molar-refractivity contribution < 1.29 is 9.59 Å². The molecule has 0 bridgehead atoms. The van der Waals surface area contributed by atoms with Crippen LogP contribution in [0.5, 0.6) is 0 Å². The van der Waals surface area contributed by atoms with Crippen molar-refractivity contribution >= 4 is 34.8 Å². The molecule has 1 N–H and O–H groups in total. The minimum atomic E-state index is -0.305. The average molecular weight is 359 g/mol. The van der Waals surface area contributed by atoms with Gasteiger partial charge in [-0.05, 0) is 24.3 Å². The van der Waals surface area contributed by atoms with Crippen LogP contribution in [-0.4, -0.2) is 47.9 Å². The first kappa shape index (κ1) is 17.2. The van der Waals surface area contributed by atoms with Crippen LogP contribution < -0.4 is 10.2 Å². The van der Waals surface area contributed by atoms with Gasteiger partial charge in [0, 0.05) is 33.1 Å². The van der Waals surface area contributed by atoms with E-state index in [4.69, 9.17) is 11.6 Å². The quantitative estimate of drug-likeness (QED) is 0.916. The van der Waals surface area contributed by atoms with Crippen molar-refractivity contribution in [1.29, 1.82) is 0 Å². The number of nitrogens with one attached hydrogen (secondary N) is 1. The van der Waals surface area contributed by atoms with Gasteiger partial charge in [0.25, 0.3) is 5.91 Å². The lowest BCUT2D eigenvalue weighted by Crippen LogP contribution is -2.48. The van der Waals surface area contributed by atoms with Gasteiger partial charge in [0.1, 0.15) is 5.69 Å². The highest BCUT2D eigenvalue weighted by Crippen LogP contribution is 2.21. The molecular weight excluding hydrogens is 340 g/mol.